The Balaban J connectivity index is 2.56. The van der Waals surface area contributed by atoms with Gasteiger partial charge >= 0.3 is 0 Å². The van der Waals surface area contributed by atoms with E-state index in [-0.39, 0.29) is 17.3 Å². The van der Waals surface area contributed by atoms with E-state index >= 15 is 0 Å². The Bertz CT molecular complexity index is 417. The Morgan fingerprint density at radius 3 is 2.47 bits per heavy atom. The molecule has 106 valence electrons. The van der Waals surface area contributed by atoms with E-state index in [0.29, 0.717) is 12.5 Å². The minimum Gasteiger partial charge on any atom is -0.306 e. The molecule has 19 heavy (non-hydrogen) atoms. The fraction of sp³-hybridized carbons (Fsp3) is 0.562. The summed E-state index contributed by atoms with van der Waals surface area (Å²) in [5.41, 5.74) is 0.201. The van der Waals surface area contributed by atoms with Crippen LogP contribution in [0.3, 0.4) is 0 Å². The Morgan fingerprint density at radius 2 is 1.89 bits per heavy atom. The maximum absolute atomic E-state index is 13.6. The summed E-state index contributed by atoms with van der Waals surface area (Å²) in [6, 6.07) is 6.20. The summed E-state index contributed by atoms with van der Waals surface area (Å²) < 4.78 is 13.6. The predicted molar refractivity (Wildman–Crippen MR) is 76.8 cm³/mol. The van der Waals surface area contributed by atoms with Crippen LogP contribution in [-0.4, -0.2) is 30.8 Å². The van der Waals surface area contributed by atoms with Crippen molar-refractivity contribution in [3.8, 4) is 0 Å². The van der Waals surface area contributed by atoms with E-state index in [1.165, 1.54) is 6.07 Å². The largest absolute Gasteiger partial charge is 0.306 e. The van der Waals surface area contributed by atoms with Crippen LogP contribution in [0.5, 0.6) is 0 Å². The predicted octanol–water partition coefficient (Wildman–Crippen LogP) is 3.62. The lowest BCUT2D eigenvalue weighted by atomic mass is 9.98. The Kier molecular flexibility index (Phi) is 6.16. The quantitative estimate of drug-likeness (QED) is 0.702. The van der Waals surface area contributed by atoms with Crippen molar-refractivity contribution < 1.29 is 9.18 Å². The van der Waals surface area contributed by atoms with Crippen LogP contribution >= 0.6 is 0 Å². The van der Waals surface area contributed by atoms with Crippen LogP contribution in [0.25, 0.3) is 0 Å². The molecule has 1 unspecified atom stereocenters. The van der Waals surface area contributed by atoms with Crippen molar-refractivity contribution in [2.75, 3.05) is 20.1 Å². The van der Waals surface area contributed by atoms with E-state index in [9.17, 15) is 9.18 Å². The molecule has 0 N–H and O–H groups in total. The molecule has 0 aliphatic rings. The molecule has 3 heteroatoms. The van der Waals surface area contributed by atoms with Gasteiger partial charge in [-0.15, -0.1) is 0 Å². The maximum atomic E-state index is 13.6. The fourth-order valence-corrected chi connectivity index (χ4v) is 2.05. The van der Waals surface area contributed by atoms with Crippen molar-refractivity contribution in [3.63, 3.8) is 0 Å². The summed E-state index contributed by atoms with van der Waals surface area (Å²) in [5, 5.41) is 0. The molecule has 0 radical (unpaired) electrons. The molecule has 0 aromatic heterocycles. The third kappa shape index (κ3) is 5.11. The number of benzene rings is 1. The molecule has 1 atom stereocenters. The molecule has 0 amide bonds. The monoisotopic (exact) mass is 265 g/mol. The first-order chi connectivity index (χ1) is 8.91. The van der Waals surface area contributed by atoms with Crippen LogP contribution in [0.2, 0.25) is 0 Å². The zero-order chi connectivity index (χ0) is 14.4. The van der Waals surface area contributed by atoms with Gasteiger partial charge in [-0.3, -0.25) is 4.79 Å². The number of Topliss-reactive ketones (excluding diaryl/α,β-unsaturated/α-hetero) is 1. The van der Waals surface area contributed by atoms with Crippen LogP contribution in [0.1, 0.15) is 37.6 Å². The molecular formula is C16H24FNO. The van der Waals surface area contributed by atoms with Gasteiger partial charge < -0.3 is 4.90 Å². The van der Waals surface area contributed by atoms with Gasteiger partial charge in [-0.2, -0.15) is 0 Å². The highest BCUT2D eigenvalue weighted by Gasteiger charge is 2.19. The third-order valence-electron chi connectivity index (χ3n) is 3.26. The normalized spacial score (nSPS) is 13.0. The van der Waals surface area contributed by atoms with Gasteiger partial charge in [0.15, 0.2) is 5.78 Å². The number of hydrogen-bond acceptors (Lipinski definition) is 2. The van der Waals surface area contributed by atoms with Crippen molar-refractivity contribution in [1.29, 1.82) is 0 Å². The van der Waals surface area contributed by atoms with E-state index < -0.39 is 5.82 Å². The molecule has 0 spiro atoms. The van der Waals surface area contributed by atoms with E-state index in [4.69, 9.17) is 0 Å². The van der Waals surface area contributed by atoms with Gasteiger partial charge in [0.2, 0.25) is 0 Å². The first kappa shape index (κ1) is 15.8. The SMILES string of the molecule is CC(C)CCN(C)CC(C)C(=O)c1ccccc1F. The Morgan fingerprint density at radius 1 is 1.26 bits per heavy atom. The number of ketones is 1. The highest BCUT2D eigenvalue weighted by Crippen LogP contribution is 2.14. The second-order valence-electron chi connectivity index (χ2n) is 5.69. The van der Waals surface area contributed by atoms with Crippen LogP contribution in [-0.2, 0) is 0 Å². The lowest BCUT2D eigenvalue weighted by Crippen LogP contribution is -2.30. The zero-order valence-electron chi connectivity index (χ0n) is 12.3. The molecule has 0 heterocycles. The number of halogens is 1. The minimum absolute atomic E-state index is 0.116. The number of nitrogens with zero attached hydrogens (tertiary/aromatic N) is 1. The first-order valence-corrected chi connectivity index (χ1v) is 6.89. The van der Waals surface area contributed by atoms with E-state index in [2.05, 4.69) is 18.7 Å². The minimum atomic E-state index is -0.427. The number of rotatable bonds is 7. The summed E-state index contributed by atoms with van der Waals surface area (Å²) in [6.07, 6.45) is 1.11. The molecule has 0 aliphatic heterocycles. The molecule has 0 saturated carbocycles. The van der Waals surface area contributed by atoms with E-state index in [0.717, 1.165) is 13.0 Å². The fourth-order valence-electron chi connectivity index (χ4n) is 2.05. The average Bonchev–Trinajstić information content (AvgIpc) is 2.36. The smallest absolute Gasteiger partial charge is 0.169 e. The lowest BCUT2D eigenvalue weighted by Gasteiger charge is -2.21. The second-order valence-corrected chi connectivity index (χ2v) is 5.69. The van der Waals surface area contributed by atoms with Gasteiger partial charge in [-0.25, -0.2) is 4.39 Å². The van der Waals surface area contributed by atoms with Crippen molar-refractivity contribution in [3.05, 3.63) is 35.6 Å². The summed E-state index contributed by atoms with van der Waals surface area (Å²) in [5.74, 6) is -0.0761. The van der Waals surface area contributed by atoms with Crippen molar-refractivity contribution in [2.45, 2.75) is 27.2 Å². The second kappa shape index (κ2) is 7.39. The van der Waals surface area contributed by atoms with Gasteiger partial charge in [0.25, 0.3) is 0 Å². The number of carbonyl (C=O) groups is 1. The molecule has 0 aliphatic carbocycles. The molecule has 1 rings (SSSR count). The Labute approximate surface area is 115 Å². The summed E-state index contributed by atoms with van der Waals surface area (Å²) in [4.78, 5) is 14.3. The molecule has 2 nitrogen and oxygen atoms in total. The molecule has 1 aromatic carbocycles. The van der Waals surface area contributed by atoms with Crippen LogP contribution in [0.15, 0.2) is 24.3 Å². The van der Waals surface area contributed by atoms with Gasteiger partial charge in [0.05, 0.1) is 5.56 Å². The molecular weight excluding hydrogens is 241 g/mol. The van der Waals surface area contributed by atoms with Crippen molar-refractivity contribution in [2.24, 2.45) is 11.8 Å². The topological polar surface area (TPSA) is 20.3 Å². The standard InChI is InChI=1S/C16H24FNO/c1-12(2)9-10-18(4)11-13(3)16(19)14-7-5-6-8-15(14)17/h5-8,12-13H,9-11H2,1-4H3. The molecule has 0 fully saturated rings. The summed E-state index contributed by atoms with van der Waals surface area (Å²) in [6.45, 7) is 7.86. The van der Waals surface area contributed by atoms with E-state index in [1.54, 1.807) is 18.2 Å². The lowest BCUT2D eigenvalue weighted by molar-refractivity contribution is 0.0898. The number of carbonyl (C=O) groups excluding carboxylic acids is 1. The molecule has 0 saturated heterocycles. The van der Waals surface area contributed by atoms with Crippen LogP contribution < -0.4 is 0 Å². The summed E-state index contributed by atoms with van der Waals surface area (Å²) in [7, 11) is 2.01. The molecule has 1 aromatic rings. The highest BCUT2D eigenvalue weighted by molar-refractivity contribution is 5.98. The third-order valence-corrected chi connectivity index (χ3v) is 3.26. The van der Waals surface area contributed by atoms with Crippen molar-refractivity contribution >= 4 is 5.78 Å². The Hall–Kier alpha value is -1.22. The highest BCUT2D eigenvalue weighted by atomic mass is 19.1. The van der Waals surface area contributed by atoms with Gasteiger partial charge in [-0.05, 0) is 38.1 Å². The van der Waals surface area contributed by atoms with Gasteiger partial charge in [0.1, 0.15) is 5.82 Å². The van der Waals surface area contributed by atoms with Gasteiger partial charge in [-0.1, -0.05) is 32.9 Å². The van der Waals surface area contributed by atoms with Crippen LogP contribution in [0.4, 0.5) is 4.39 Å². The maximum Gasteiger partial charge on any atom is 0.169 e. The van der Waals surface area contributed by atoms with Crippen molar-refractivity contribution in [1.82, 2.24) is 4.90 Å². The zero-order valence-corrected chi connectivity index (χ0v) is 12.3. The van der Waals surface area contributed by atoms with E-state index in [1.807, 2.05) is 14.0 Å². The molecule has 0 bridgehead atoms. The summed E-state index contributed by atoms with van der Waals surface area (Å²) >= 11 is 0. The van der Waals surface area contributed by atoms with Gasteiger partial charge in [0, 0.05) is 12.5 Å². The average molecular weight is 265 g/mol. The number of hydrogen-bond donors (Lipinski definition) is 0. The van der Waals surface area contributed by atoms with Crippen LogP contribution in [0, 0.1) is 17.7 Å². The first-order valence-electron chi connectivity index (χ1n) is 6.89.